The van der Waals surface area contributed by atoms with E-state index in [2.05, 4.69) is 56.3 Å². The SMILES string of the molecule is CC(C)(O)c1ncc(-c2[nH]nc3ncc(-c4ccc5c(c4)CCC(C)(N4CCCC4)CC5)cc23)cc1Cl. The lowest BCUT2D eigenvalue weighted by Gasteiger charge is -2.38. The van der Waals surface area contributed by atoms with Crippen molar-refractivity contribution in [2.45, 2.75) is 70.4 Å². The van der Waals surface area contributed by atoms with E-state index in [1.54, 1.807) is 20.0 Å². The highest BCUT2D eigenvalue weighted by Gasteiger charge is 2.35. The average molecular weight is 516 g/mol. The molecule has 1 aliphatic heterocycles. The van der Waals surface area contributed by atoms with E-state index in [-0.39, 0.29) is 0 Å². The molecule has 1 aromatic carbocycles. The maximum absolute atomic E-state index is 10.3. The first-order chi connectivity index (χ1) is 17.7. The fourth-order valence-corrected chi connectivity index (χ4v) is 6.49. The molecule has 0 spiro atoms. The van der Waals surface area contributed by atoms with E-state index in [4.69, 9.17) is 11.6 Å². The fraction of sp³-hybridized carbons (Fsp3) is 0.433. The Bertz CT molecular complexity index is 1470. The molecule has 1 saturated heterocycles. The molecular formula is C30H34ClN5O. The normalized spacial score (nSPS) is 20.8. The van der Waals surface area contributed by atoms with Crippen molar-refractivity contribution < 1.29 is 5.11 Å². The van der Waals surface area contributed by atoms with Crippen LogP contribution in [0.1, 0.15) is 63.3 Å². The number of halogens is 1. The molecule has 3 aromatic heterocycles. The van der Waals surface area contributed by atoms with Crippen LogP contribution in [-0.2, 0) is 18.4 Å². The van der Waals surface area contributed by atoms with Crippen LogP contribution in [0.25, 0.3) is 33.4 Å². The van der Waals surface area contributed by atoms with Crippen LogP contribution in [0.3, 0.4) is 0 Å². The van der Waals surface area contributed by atoms with E-state index in [0.717, 1.165) is 35.0 Å². The lowest BCUT2D eigenvalue weighted by Crippen LogP contribution is -2.44. The number of likely N-dealkylation sites (tertiary alicyclic amines) is 1. The molecule has 2 aliphatic rings. The van der Waals surface area contributed by atoms with Gasteiger partial charge in [0.2, 0.25) is 0 Å². The Morgan fingerprint density at radius 3 is 2.41 bits per heavy atom. The molecule has 6 nitrogen and oxygen atoms in total. The third kappa shape index (κ3) is 4.56. The number of H-pyrrole nitrogens is 1. The van der Waals surface area contributed by atoms with Gasteiger partial charge in [0, 0.05) is 34.4 Å². The molecule has 192 valence electrons. The van der Waals surface area contributed by atoms with E-state index < -0.39 is 5.60 Å². The summed E-state index contributed by atoms with van der Waals surface area (Å²) in [7, 11) is 0. The summed E-state index contributed by atoms with van der Waals surface area (Å²) in [5, 5.41) is 19.2. The van der Waals surface area contributed by atoms with E-state index >= 15 is 0 Å². The van der Waals surface area contributed by atoms with Crippen molar-refractivity contribution in [1.82, 2.24) is 25.1 Å². The highest BCUT2D eigenvalue weighted by molar-refractivity contribution is 6.31. The first-order valence-corrected chi connectivity index (χ1v) is 13.7. The van der Waals surface area contributed by atoms with Gasteiger partial charge in [-0.3, -0.25) is 15.0 Å². The van der Waals surface area contributed by atoms with E-state index in [9.17, 15) is 5.11 Å². The maximum atomic E-state index is 10.3. The van der Waals surface area contributed by atoms with Crippen molar-refractivity contribution in [3.05, 3.63) is 64.6 Å². The predicted octanol–water partition coefficient (Wildman–Crippen LogP) is 6.30. The summed E-state index contributed by atoms with van der Waals surface area (Å²) in [5.41, 5.74) is 7.11. The predicted molar refractivity (Wildman–Crippen MR) is 149 cm³/mol. The Labute approximate surface area is 223 Å². The minimum atomic E-state index is -1.11. The Kier molecular flexibility index (Phi) is 6.09. The van der Waals surface area contributed by atoms with Crippen molar-refractivity contribution in [3.8, 4) is 22.4 Å². The number of pyridine rings is 2. The zero-order valence-electron chi connectivity index (χ0n) is 21.8. The first kappa shape index (κ1) is 24.5. The maximum Gasteiger partial charge on any atom is 0.181 e. The Balaban J connectivity index is 1.32. The summed E-state index contributed by atoms with van der Waals surface area (Å²) in [5.74, 6) is 0. The van der Waals surface area contributed by atoms with Gasteiger partial charge in [0.15, 0.2) is 5.65 Å². The van der Waals surface area contributed by atoms with Crippen LogP contribution >= 0.6 is 11.6 Å². The monoisotopic (exact) mass is 515 g/mol. The van der Waals surface area contributed by atoms with E-state index in [1.165, 1.54) is 55.5 Å². The molecule has 4 heterocycles. The largest absolute Gasteiger partial charge is 0.384 e. The number of aliphatic hydroxyl groups is 1. The number of fused-ring (bicyclic) bond motifs is 2. The van der Waals surface area contributed by atoms with Crippen LogP contribution in [0.2, 0.25) is 5.02 Å². The minimum absolute atomic E-state index is 0.304. The minimum Gasteiger partial charge on any atom is -0.384 e. The van der Waals surface area contributed by atoms with E-state index in [0.29, 0.717) is 21.9 Å². The molecule has 7 heteroatoms. The van der Waals surface area contributed by atoms with Crippen molar-refractivity contribution in [2.24, 2.45) is 0 Å². The van der Waals surface area contributed by atoms with Crippen LogP contribution in [0.4, 0.5) is 0 Å². The summed E-state index contributed by atoms with van der Waals surface area (Å²) in [4.78, 5) is 11.8. The van der Waals surface area contributed by atoms with Gasteiger partial charge < -0.3 is 5.11 Å². The fourth-order valence-electron chi connectivity index (χ4n) is 6.09. The smallest absolute Gasteiger partial charge is 0.181 e. The topological polar surface area (TPSA) is 77.9 Å². The van der Waals surface area contributed by atoms with Gasteiger partial charge in [-0.1, -0.05) is 29.8 Å². The number of benzene rings is 1. The lowest BCUT2D eigenvalue weighted by molar-refractivity contribution is 0.0740. The summed E-state index contributed by atoms with van der Waals surface area (Å²) in [6, 6.07) is 10.9. The summed E-state index contributed by atoms with van der Waals surface area (Å²) < 4.78 is 0. The standard InChI is InChI=1S/C30H34ClN5O/c1-29(2,37)27-25(31)16-23(18-32-27)26-24-15-22(17-33-28(24)35-34-26)20-7-6-19-8-10-30(3,11-9-21(19)14-20)36-12-4-5-13-36/h6-7,14-18,37H,4-5,8-13H2,1-3H3,(H,33,34,35). The molecule has 1 aliphatic carbocycles. The van der Waals surface area contributed by atoms with E-state index in [1.807, 2.05) is 12.3 Å². The quantitative estimate of drug-likeness (QED) is 0.312. The number of nitrogens with one attached hydrogen (secondary N) is 1. The number of rotatable bonds is 4. The molecule has 4 aromatic rings. The number of aromatic amines is 1. The van der Waals surface area contributed by atoms with Crippen LogP contribution in [0, 0.1) is 0 Å². The Morgan fingerprint density at radius 1 is 0.946 bits per heavy atom. The van der Waals surface area contributed by atoms with Gasteiger partial charge in [0.25, 0.3) is 0 Å². The van der Waals surface area contributed by atoms with Crippen molar-refractivity contribution in [1.29, 1.82) is 0 Å². The highest BCUT2D eigenvalue weighted by atomic mass is 35.5. The number of nitrogens with zero attached hydrogens (tertiary/aromatic N) is 4. The third-order valence-electron chi connectivity index (χ3n) is 8.39. The van der Waals surface area contributed by atoms with Crippen molar-refractivity contribution in [2.75, 3.05) is 13.1 Å². The van der Waals surface area contributed by atoms with Gasteiger partial charge in [-0.25, -0.2) is 4.98 Å². The summed E-state index contributed by atoms with van der Waals surface area (Å²) in [6.45, 7) is 8.32. The number of hydrogen-bond donors (Lipinski definition) is 2. The second-order valence-corrected chi connectivity index (χ2v) is 11.9. The van der Waals surface area contributed by atoms with Crippen molar-refractivity contribution >= 4 is 22.6 Å². The van der Waals surface area contributed by atoms with Gasteiger partial charge in [0.1, 0.15) is 5.60 Å². The molecule has 0 saturated carbocycles. The zero-order chi connectivity index (χ0) is 25.8. The van der Waals surface area contributed by atoms with Crippen LogP contribution in [-0.4, -0.2) is 48.8 Å². The molecule has 37 heavy (non-hydrogen) atoms. The third-order valence-corrected chi connectivity index (χ3v) is 8.68. The van der Waals surface area contributed by atoms with Gasteiger partial charge in [0.05, 0.1) is 16.4 Å². The number of aryl methyl sites for hydroxylation is 2. The van der Waals surface area contributed by atoms with Crippen molar-refractivity contribution in [3.63, 3.8) is 0 Å². The summed E-state index contributed by atoms with van der Waals surface area (Å²) >= 11 is 6.48. The molecular weight excluding hydrogens is 482 g/mol. The summed E-state index contributed by atoms with van der Waals surface area (Å²) in [6.07, 6.45) is 11.0. The second kappa shape index (κ2) is 9.19. The highest BCUT2D eigenvalue weighted by Crippen LogP contribution is 2.37. The first-order valence-electron chi connectivity index (χ1n) is 13.3. The van der Waals surface area contributed by atoms with Gasteiger partial charge >= 0.3 is 0 Å². The molecule has 1 fully saturated rings. The van der Waals surface area contributed by atoms with Crippen LogP contribution < -0.4 is 0 Å². The molecule has 6 rings (SSSR count). The molecule has 0 bridgehead atoms. The van der Waals surface area contributed by atoms with Gasteiger partial charge in [-0.05, 0) is 101 Å². The van der Waals surface area contributed by atoms with Crippen LogP contribution in [0.15, 0.2) is 42.7 Å². The number of aromatic nitrogens is 4. The van der Waals surface area contributed by atoms with Gasteiger partial charge in [-0.2, -0.15) is 5.10 Å². The number of hydrogen-bond acceptors (Lipinski definition) is 5. The molecule has 1 unspecified atom stereocenters. The Hall–Kier alpha value is -2.80. The average Bonchev–Trinajstić information content (AvgIpc) is 3.53. The van der Waals surface area contributed by atoms with Crippen LogP contribution in [0.5, 0.6) is 0 Å². The molecule has 2 N–H and O–H groups in total. The Morgan fingerprint density at radius 2 is 1.68 bits per heavy atom. The zero-order valence-corrected chi connectivity index (χ0v) is 22.6. The second-order valence-electron chi connectivity index (χ2n) is 11.5. The lowest BCUT2D eigenvalue weighted by atomic mass is 9.90. The molecule has 0 amide bonds. The molecule has 1 atom stereocenters. The van der Waals surface area contributed by atoms with Gasteiger partial charge in [-0.15, -0.1) is 0 Å². The molecule has 0 radical (unpaired) electrons.